The summed E-state index contributed by atoms with van der Waals surface area (Å²) in [6.07, 6.45) is -1.32. The maximum absolute atomic E-state index is 13.1. The van der Waals surface area contributed by atoms with E-state index in [1.807, 2.05) is 6.07 Å². The molecule has 0 saturated heterocycles. The molecule has 0 spiro atoms. The number of benzene rings is 2. The number of H-pyrrole nitrogens is 1. The Hall–Kier alpha value is -2.72. The lowest BCUT2D eigenvalue weighted by Gasteiger charge is -2.09. The number of alkyl halides is 2. The minimum absolute atomic E-state index is 0.0802. The molecule has 24 heavy (non-hydrogen) atoms. The van der Waals surface area contributed by atoms with Crippen molar-refractivity contribution in [1.29, 1.82) is 5.26 Å². The van der Waals surface area contributed by atoms with E-state index >= 15 is 0 Å². The zero-order valence-electron chi connectivity index (χ0n) is 12.6. The second-order valence-corrected chi connectivity index (χ2v) is 6.45. The average molecular weight is 345 g/mol. The van der Waals surface area contributed by atoms with E-state index in [1.54, 1.807) is 37.3 Å². The monoisotopic (exact) mass is 345 g/mol. The summed E-state index contributed by atoms with van der Waals surface area (Å²) in [5, 5.41) is 9.34. The second kappa shape index (κ2) is 6.42. The molecule has 0 bridgehead atoms. The standard InChI is InChI=1S/C17H13F2N3OS/c1-10-5-6-14(16-15(10)13(9-21-16)17(18)19)22-24(23)12-4-2-3-11(7-12)8-20/h2-7,9,17,21-22H,1H3. The molecule has 3 rings (SSSR count). The molecule has 1 aromatic heterocycles. The van der Waals surface area contributed by atoms with Crippen LogP contribution in [0, 0.1) is 18.3 Å². The summed E-state index contributed by atoms with van der Waals surface area (Å²) in [6, 6.07) is 11.8. The van der Waals surface area contributed by atoms with Gasteiger partial charge in [0.15, 0.2) is 0 Å². The third-order valence-corrected chi connectivity index (χ3v) is 4.78. The van der Waals surface area contributed by atoms with Gasteiger partial charge in [-0.15, -0.1) is 0 Å². The number of aryl methyl sites for hydroxylation is 1. The highest BCUT2D eigenvalue weighted by Crippen LogP contribution is 2.34. The Morgan fingerprint density at radius 1 is 1.29 bits per heavy atom. The Morgan fingerprint density at radius 2 is 2.08 bits per heavy atom. The Bertz CT molecular complexity index is 976. The number of nitrogens with zero attached hydrogens (tertiary/aromatic N) is 1. The summed E-state index contributed by atoms with van der Waals surface area (Å²) in [5.41, 5.74) is 1.97. The van der Waals surface area contributed by atoms with Crippen LogP contribution in [-0.4, -0.2) is 9.19 Å². The van der Waals surface area contributed by atoms with Crippen molar-refractivity contribution in [3.05, 3.63) is 59.3 Å². The Balaban J connectivity index is 2.00. The molecule has 1 atom stereocenters. The van der Waals surface area contributed by atoms with Crippen LogP contribution in [0.15, 0.2) is 47.5 Å². The summed E-state index contributed by atoms with van der Waals surface area (Å²) >= 11 is 0. The van der Waals surface area contributed by atoms with Crippen LogP contribution in [0.3, 0.4) is 0 Å². The van der Waals surface area contributed by atoms with E-state index in [1.165, 1.54) is 12.3 Å². The van der Waals surface area contributed by atoms with Gasteiger partial charge < -0.3 is 4.98 Å². The molecule has 2 aromatic carbocycles. The van der Waals surface area contributed by atoms with Crippen LogP contribution in [0.4, 0.5) is 14.5 Å². The maximum atomic E-state index is 13.1. The minimum atomic E-state index is -2.59. The van der Waals surface area contributed by atoms with Crippen LogP contribution in [0.5, 0.6) is 0 Å². The number of anilines is 1. The molecule has 1 unspecified atom stereocenters. The van der Waals surface area contributed by atoms with Gasteiger partial charge in [-0.3, -0.25) is 4.72 Å². The summed E-state index contributed by atoms with van der Waals surface area (Å²) < 4.78 is 41.5. The molecule has 1 heterocycles. The maximum Gasteiger partial charge on any atom is 0.265 e. The Kier molecular flexibility index (Phi) is 4.32. The zero-order chi connectivity index (χ0) is 17.3. The van der Waals surface area contributed by atoms with Crippen molar-refractivity contribution >= 4 is 27.6 Å². The molecule has 0 aliphatic rings. The van der Waals surface area contributed by atoms with E-state index < -0.39 is 17.4 Å². The van der Waals surface area contributed by atoms with Crippen molar-refractivity contribution in [3.63, 3.8) is 0 Å². The first kappa shape index (κ1) is 16.1. The van der Waals surface area contributed by atoms with E-state index in [9.17, 15) is 13.0 Å². The number of fused-ring (bicyclic) bond motifs is 1. The Labute approximate surface area is 139 Å². The van der Waals surface area contributed by atoms with E-state index in [0.717, 1.165) is 0 Å². The van der Waals surface area contributed by atoms with E-state index in [0.29, 0.717) is 32.6 Å². The van der Waals surface area contributed by atoms with Crippen molar-refractivity contribution in [3.8, 4) is 6.07 Å². The van der Waals surface area contributed by atoms with Crippen LogP contribution in [0.1, 0.15) is 23.1 Å². The smallest absolute Gasteiger partial charge is 0.265 e. The van der Waals surface area contributed by atoms with Crippen molar-refractivity contribution in [2.75, 3.05) is 4.72 Å². The van der Waals surface area contributed by atoms with Gasteiger partial charge >= 0.3 is 0 Å². The normalized spacial score (nSPS) is 12.3. The molecule has 0 amide bonds. The molecular formula is C17H13F2N3OS. The van der Waals surface area contributed by atoms with E-state index in [4.69, 9.17) is 5.26 Å². The zero-order valence-corrected chi connectivity index (χ0v) is 13.5. The third kappa shape index (κ3) is 2.88. The number of nitriles is 1. The highest BCUT2D eigenvalue weighted by molar-refractivity contribution is 7.86. The fourth-order valence-corrected chi connectivity index (χ4v) is 3.47. The van der Waals surface area contributed by atoms with Gasteiger partial charge in [0.25, 0.3) is 6.43 Å². The lowest BCUT2D eigenvalue weighted by Crippen LogP contribution is -2.05. The van der Waals surface area contributed by atoms with Crippen LogP contribution in [-0.2, 0) is 11.0 Å². The number of nitrogens with one attached hydrogen (secondary N) is 2. The van der Waals surface area contributed by atoms with Gasteiger partial charge in [-0.2, -0.15) is 5.26 Å². The molecular weight excluding hydrogens is 332 g/mol. The van der Waals surface area contributed by atoms with Crippen molar-refractivity contribution in [2.24, 2.45) is 0 Å². The molecule has 122 valence electrons. The van der Waals surface area contributed by atoms with Crippen molar-refractivity contribution < 1.29 is 13.0 Å². The SMILES string of the molecule is Cc1ccc(NS(=O)c2cccc(C#N)c2)c2[nH]cc(C(F)F)c12. The van der Waals surface area contributed by atoms with Crippen LogP contribution < -0.4 is 4.72 Å². The van der Waals surface area contributed by atoms with E-state index in [-0.39, 0.29) is 5.56 Å². The summed E-state index contributed by atoms with van der Waals surface area (Å²) in [7, 11) is -1.62. The number of halogens is 2. The molecule has 3 aromatic rings. The largest absolute Gasteiger partial charge is 0.359 e. The summed E-state index contributed by atoms with van der Waals surface area (Å²) in [6.45, 7) is 1.75. The van der Waals surface area contributed by atoms with Gasteiger partial charge in [0, 0.05) is 17.1 Å². The molecule has 0 aliphatic carbocycles. The summed E-state index contributed by atoms with van der Waals surface area (Å²) in [5.74, 6) is 0. The molecule has 0 radical (unpaired) electrons. The molecule has 4 nitrogen and oxygen atoms in total. The third-order valence-electron chi connectivity index (χ3n) is 3.69. The van der Waals surface area contributed by atoms with Gasteiger partial charge in [0.2, 0.25) is 0 Å². The molecule has 0 fully saturated rings. The predicted octanol–water partition coefficient (Wildman–Crippen LogP) is 4.42. The average Bonchev–Trinajstić information content (AvgIpc) is 3.04. The second-order valence-electron chi connectivity index (χ2n) is 5.24. The van der Waals surface area contributed by atoms with Crippen molar-refractivity contribution in [1.82, 2.24) is 4.98 Å². The van der Waals surface area contributed by atoms with Crippen molar-refractivity contribution in [2.45, 2.75) is 18.2 Å². The highest BCUT2D eigenvalue weighted by Gasteiger charge is 2.18. The quantitative estimate of drug-likeness (QED) is 0.735. The van der Waals surface area contributed by atoms with E-state index in [2.05, 4.69) is 9.71 Å². The van der Waals surface area contributed by atoms with Crippen LogP contribution in [0.25, 0.3) is 10.9 Å². The molecule has 0 aliphatic heterocycles. The topological polar surface area (TPSA) is 68.7 Å². The van der Waals surface area contributed by atoms with Gasteiger partial charge in [-0.05, 0) is 36.8 Å². The lowest BCUT2D eigenvalue weighted by molar-refractivity contribution is 0.153. The number of aromatic amines is 1. The Morgan fingerprint density at radius 3 is 2.79 bits per heavy atom. The molecule has 2 N–H and O–H groups in total. The highest BCUT2D eigenvalue weighted by atomic mass is 32.2. The number of rotatable bonds is 4. The fraction of sp³-hybridized carbons (Fsp3) is 0.118. The van der Waals surface area contributed by atoms with Crippen LogP contribution in [0.2, 0.25) is 0 Å². The van der Waals surface area contributed by atoms with Gasteiger partial charge in [-0.25, -0.2) is 13.0 Å². The first-order valence-electron chi connectivity index (χ1n) is 7.08. The lowest BCUT2D eigenvalue weighted by atomic mass is 10.1. The van der Waals surface area contributed by atoms with Gasteiger partial charge in [-0.1, -0.05) is 12.1 Å². The fourth-order valence-electron chi connectivity index (χ4n) is 2.55. The number of aromatic nitrogens is 1. The van der Waals surface area contributed by atoms with Gasteiger partial charge in [0.05, 0.1) is 27.7 Å². The van der Waals surface area contributed by atoms with Crippen LogP contribution >= 0.6 is 0 Å². The minimum Gasteiger partial charge on any atom is -0.359 e. The summed E-state index contributed by atoms with van der Waals surface area (Å²) in [4.78, 5) is 3.26. The number of hydrogen-bond acceptors (Lipinski definition) is 2. The molecule has 7 heteroatoms. The predicted molar refractivity (Wildman–Crippen MR) is 89.2 cm³/mol. The first-order valence-corrected chi connectivity index (χ1v) is 8.23. The molecule has 0 saturated carbocycles. The first-order chi connectivity index (χ1) is 11.5. The number of hydrogen-bond donors (Lipinski definition) is 2. The van der Waals surface area contributed by atoms with Gasteiger partial charge in [0.1, 0.15) is 11.0 Å².